The van der Waals surface area contributed by atoms with Crippen LogP contribution in [0.5, 0.6) is 0 Å². The minimum Gasteiger partial charge on any atom is -0.349 e. The van der Waals surface area contributed by atoms with Crippen LogP contribution in [0, 0.1) is 13.8 Å². The van der Waals surface area contributed by atoms with Crippen molar-refractivity contribution in [2.24, 2.45) is 0 Å². The molecule has 0 bridgehead atoms. The molecule has 5 aromatic rings. The van der Waals surface area contributed by atoms with E-state index in [1.807, 2.05) is 47.0 Å². The lowest BCUT2D eigenvalue weighted by molar-refractivity contribution is -0.122. The van der Waals surface area contributed by atoms with Crippen LogP contribution in [0.2, 0.25) is 0 Å². The van der Waals surface area contributed by atoms with Gasteiger partial charge in [0, 0.05) is 29.0 Å². The van der Waals surface area contributed by atoms with Gasteiger partial charge in [0.1, 0.15) is 12.1 Å². The van der Waals surface area contributed by atoms with Crippen LogP contribution in [0.25, 0.3) is 21.8 Å². The zero-order valence-electron chi connectivity index (χ0n) is 19.2. The highest BCUT2D eigenvalue weighted by Crippen LogP contribution is 2.27. The SMILES string of the molecule is Cc1ccc(C)c(Cn2c3ccccc3c3cnn(CC(=O)NCc4ccccn4)c(=O)c32)c1. The van der Waals surface area contributed by atoms with E-state index in [4.69, 9.17) is 0 Å². The lowest BCUT2D eigenvalue weighted by Crippen LogP contribution is -2.34. The largest absolute Gasteiger partial charge is 0.349 e. The number of fused-ring (bicyclic) bond motifs is 3. The number of nitrogens with one attached hydrogen (secondary N) is 1. The molecular formula is C27H25N5O2. The summed E-state index contributed by atoms with van der Waals surface area (Å²) in [6, 6.07) is 19.8. The van der Waals surface area contributed by atoms with E-state index in [1.54, 1.807) is 12.4 Å². The van der Waals surface area contributed by atoms with E-state index in [0.717, 1.165) is 27.5 Å². The molecule has 0 unspecified atom stereocenters. The molecule has 0 aliphatic heterocycles. The summed E-state index contributed by atoms with van der Waals surface area (Å²) in [6.45, 7) is 4.84. The van der Waals surface area contributed by atoms with Gasteiger partial charge in [-0.3, -0.25) is 14.6 Å². The first-order valence-corrected chi connectivity index (χ1v) is 11.2. The van der Waals surface area contributed by atoms with Crippen LogP contribution in [0.3, 0.4) is 0 Å². The second-order valence-electron chi connectivity index (χ2n) is 8.50. The number of carbonyl (C=O) groups excluding carboxylic acids is 1. The van der Waals surface area contributed by atoms with Crippen molar-refractivity contribution in [3.8, 4) is 0 Å². The molecule has 3 heterocycles. The lowest BCUT2D eigenvalue weighted by Gasteiger charge is -2.12. The van der Waals surface area contributed by atoms with Crippen LogP contribution >= 0.6 is 0 Å². The Bertz CT molecular complexity index is 1570. The lowest BCUT2D eigenvalue weighted by atomic mass is 10.1. The molecule has 3 aromatic heterocycles. The van der Waals surface area contributed by atoms with Crippen molar-refractivity contribution in [2.75, 3.05) is 0 Å². The molecule has 0 spiro atoms. The van der Waals surface area contributed by atoms with Crippen molar-refractivity contribution in [3.05, 3.63) is 106 Å². The Kier molecular flexibility index (Phi) is 5.67. The molecular weight excluding hydrogens is 426 g/mol. The number of hydrogen-bond acceptors (Lipinski definition) is 4. The number of carbonyl (C=O) groups is 1. The first-order valence-electron chi connectivity index (χ1n) is 11.2. The minimum absolute atomic E-state index is 0.160. The molecule has 1 N–H and O–H groups in total. The number of para-hydroxylation sites is 1. The standard InChI is InChI=1S/C27H25N5O2/c1-18-10-11-19(2)20(13-18)16-31-24-9-4-3-8-22(24)23-15-30-32(27(34)26(23)31)17-25(33)29-14-21-7-5-6-12-28-21/h3-13,15H,14,16-17H2,1-2H3,(H,29,33). The summed E-state index contributed by atoms with van der Waals surface area (Å²) in [5, 5.41) is 8.89. The first kappa shape index (κ1) is 21.6. The van der Waals surface area contributed by atoms with Crippen molar-refractivity contribution in [3.63, 3.8) is 0 Å². The molecule has 7 heteroatoms. The average molecular weight is 452 g/mol. The molecule has 5 rings (SSSR count). The molecule has 0 fully saturated rings. The molecule has 2 aromatic carbocycles. The van der Waals surface area contributed by atoms with Crippen molar-refractivity contribution in [2.45, 2.75) is 33.5 Å². The smallest absolute Gasteiger partial charge is 0.291 e. The molecule has 170 valence electrons. The summed E-state index contributed by atoms with van der Waals surface area (Å²) in [5.74, 6) is -0.295. The van der Waals surface area contributed by atoms with Crippen LogP contribution in [0.1, 0.15) is 22.4 Å². The zero-order chi connectivity index (χ0) is 23.7. The maximum absolute atomic E-state index is 13.6. The Balaban J connectivity index is 1.53. The van der Waals surface area contributed by atoms with Gasteiger partial charge in [0.05, 0.1) is 18.4 Å². The molecule has 0 aliphatic rings. The van der Waals surface area contributed by atoms with Crippen molar-refractivity contribution < 1.29 is 4.79 Å². The maximum Gasteiger partial charge on any atom is 0.291 e. The summed E-state index contributed by atoms with van der Waals surface area (Å²) in [4.78, 5) is 30.3. The summed E-state index contributed by atoms with van der Waals surface area (Å²) < 4.78 is 3.27. The molecule has 34 heavy (non-hydrogen) atoms. The topological polar surface area (TPSA) is 81.8 Å². The average Bonchev–Trinajstić information content (AvgIpc) is 3.17. The first-order chi connectivity index (χ1) is 16.5. The van der Waals surface area contributed by atoms with Gasteiger partial charge in [-0.15, -0.1) is 0 Å². The third-order valence-electron chi connectivity index (χ3n) is 6.09. The third kappa shape index (κ3) is 4.08. The normalized spacial score (nSPS) is 11.2. The van der Waals surface area contributed by atoms with Gasteiger partial charge >= 0.3 is 0 Å². The number of nitrogens with zero attached hydrogens (tertiary/aromatic N) is 4. The highest BCUT2D eigenvalue weighted by Gasteiger charge is 2.17. The van der Waals surface area contributed by atoms with E-state index in [-0.39, 0.29) is 18.0 Å². The zero-order valence-corrected chi connectivity index (χ0v) is 19.2. The molecule has 0 aliphatic carbocycles. The number of amides is 1. The van der Waals surface area contributed by atoms with E-state index >= 15 is 0 Å². The van der Waals surface area contributed by atoms with Crippen molar-refractivity contribution in [1.82, 2.24) is 24.6 Å². The van der Waals surface area contributed by atoms with Gasteiger partial charge in [0.2, 0.25) is 5.91 Å². The molecule has 0 radical (unpaired) electrons. The fraction of sp³-hybridized carbons (Fsp3) is 0.185. The Morgan fingerprint density at radius 1 is 1.00 bits per heavy atom. The van der Waals surface area contributed by atoms with Gasteiger partial charge < -0.3 is 9.88 Å². The number of benzene rings is 2. The summed E-state index contributed by atoms with van der Waals surface area (Å²) >= 11 is 0. The highest BCUT2D eigenvalue weighted by atomic mass is 16.2. The Morgan fingerprint density at radius 3 is 2.65 bits per heavy atom. The second kappa shape index (κ2) is 8.94. The van der Waals surface area contributed by atoms with Gasteiger partial charge in [-0.2, -0.15) is 5.10 Å². The molecule has 0 saturated carbocycles. The molecule has 0 saturated heterocycles. The van der Waals surface area contributed by atoms with Gasteiger partial charge in [0.25, 0.3) is 5.56 Å². The fourth-order valence-electron chi connectivity index (χ4n) is 4.30. The van der Waals surface area contributed by atoms with E-state index in [1.165, 1.54) is 15.8 Å². The number of pyridine rings is 1. The molecule has 1 amide bonds. The predicted molar refractivity (Wildman–Crippen MR) is 133 cm³/mol. The van der Waals surface area contributed by atoms with E-state index < -0.39 is 0 Å². The summed E-state index contributed by atoms with van der Waals surface area (Å²) in [7, 11) is 0. The van der Waals surface area contributed by atoms with Crippen LogP contribution in [0.15, 0.2) is 77.9 Å². The number of hydrogen-bond donors (Lipinski definition) is 1. The van der Waals surface area contributed by atoms with Crippen LogP contribution in [-0.2, 0) is 24.4 Å². The van der Waals surface area contributed by atoms with Gasteiger partial charge in [-0.1, -0.05) is 48.0 Å². The molecule has 0 atom stereocenters. The van der Waals surface area contributed by atoms with Crippen LogP contribution in [0.4, 0.5) is 0 Å². The van der Waals surface area contributed by atoms with Gasteiger partial charge in [0.15, 0.2) is 0 Å². The van der Waals surface area contributed by atoms with Crippen LogP contribution < -0.4 is 10.9 Å². The monoisotopic (exact) mass is 451 g/mol. The third-order valence-corrected chi connectivity index (χ3v) is 6.09. The van der Waals surface area contributed by atoms with E-state index in [0.29, 0.717) is 18.6 Å². The molecule has 7 nitrogen and oxygen atoms in total. The summed E-state index contributed by atoms with van der Waals surface area (Å²) in [6.07, 6.45) is 3.36. The summed E-state index contributed by atoms with van der Waals surface area (Å²) in [5.41, 5.74) is 5.47. The second-order valence-corrected chi connectivity index (χ2v) is 8.50. The highest BCUT2D eigenvalue weighted by molar-refractivity contribution is 6.07. The van der Waals surface area contributed by atoms with Crippen molar-refractivity contribution >= 4 is 27.7 Å². The maximum atomic E-state index is 13.6. The fourth-order valence-corrected chi connectivity index (χ4v) is 4.30. The number of aromatic nitrogens is 4. The Morgan fingerprint density at radius 2 is 1.82 bits per heavy atom. The number of rotatable bonds is 6. The van der Waals surface area contributed by atoms with E-state index in [2.05, 4.69) is 47.4 Å². The minimum atomic E-state index is -0.295. The predicted octanol–water partition coefficient (Wildman–Crippen LogP) is 3.73. The quantitative estimate of drug-likeness (QED) is 0.427. The van der Waals surface area contributed by atoms with Gasteiger partial charge in [-0.05, 0) is 43.2 Å². The van der Waals surface area contributed by atoms with E-state index in [9.17, 15) is 9.59 Å². The van der Waals surface area contributed by atoms with Crippen molar-refractivity contribution in [1.29, 1.82) is 0 Å². The Labute approximate surface area is 196 Å². The Hall–Kier alpha value is -4.26. The number of aryl methyl sites for hydroxylation is 2. The van der Waals surface area contributed by atoms with Gasteiger partial charge in [-0.25, -0.2) is 4.68 Å². The van der Waals surface area contributed by atoms with Crippen LogP contribution in [-0.4, -0.2) is 25.2 Å².